The fourth-order valence-electron chi connectivity index (χ4n) is 3.22. The Morgan fingerprint density at radius 2 is 2.21 bits per heavy atom. The van der Waals surface area contributed by atoms with Crippen LogP contribution in [0.4, 0.5) is 0 Å². The van der Waals surface area contributed by atoms with Gasteiger partial charge in [-0.25, -0.2) is 4.98 Å². The van der Waals surface area contributed by atoms with E-state index in [1.165, 1.54) is 0 Å². The number of aryl methyl sites for hydroxylation is 1. The molecule has 0 aliphatic carbocycles. The van der Waals surface area contributed by atoms with E-state index in [9.17, 15) is 4.79 Å². The Hall–Kier alpha value is -2.90. The molecule has 29 heavy (non-hydrogen) atoms. The fraction of sp³-hybridized carbons (Fsp3) is 0.286. The number of rotatable bonds is 5. The van der Waals surface area contributed by atoms with Gasteiger partial charge in [0.25, 0.3) is 5.91 Å². The van der Waals surface area contributed by atoms with Crippen molar-refractivity contribution in [2.24, 2.45) is 5.73 Å². The summed E-state index contributed by atoms with van der Waals surface area (Å²) in [4.78, 5) is 23.5. The molecule has 3 heterocycles. The monoisotopic (exact) mass is 414 g/mol. The largest absolute Gasteiger partial charge is 0.492 e. The second kappa shape index (κ2) is 9.07. The summed E-state index contributed by atoms with van der Waals surface area (Å²) in [6, 6.07) is 9.25. The molecule has 1 amide bonds. The summed E-state index contributed by atoms with van der Waals surface area (Å²) in [6.07, 6.45) is 4.06. The summed E-state index contributed by atoms with van der Waals surface area (Å²) in [5.41, 5.74) is 8.71. The van der Waals surface area contributed by atoms with Crippen molar-refractivity contribution in [3.63, 3.8) is 0 Å². The minimum Gasteiger partial charge on any atom is -0.492 e. The number of nitrogens with two attached hydrogens (primary N) is 1. The first-order chi connectivity index (χ1) is 13.7. The molecular weight excluding hydrogens is 392 g/mol. The van der Waals surface area contributed by atoms with Crippen LogP contribution in [0.15, 0.2) is 47.1 Å². The molecule has 0 saturated heterocycles. The van der Waals surface area contributed by atoms with Gasteiger partial charge in [0.1, 0.15) is 23.8 Å². The normalized spacial score (nSPS) is 12.8. The standard InChI is InChI=1S/C21H22N4O3.ClH/c1-14-4-5-15(11-19(14)27-10-7-22)21(26)25-9-6-18-17(13-25)24-20(28-18)16-3-2-8-23-12-16;/h2-5,8,11-12H,6-7,9-10,13,22H2,1H3;1H. The summed E-state index contributed by atoms with van der Waals surface area (Å²) in [5, 5.41) is 0. The molecule has 0 fully saturated rings. The van der Waals surface area contributed by atoms with Crippen LogP contribution < -0.4 is 10.5 Å². The van der Waals surface area contributed by atoms with Crippen molar-refractivity contribution in [3.8, 4) is 17.2 Å². The molecule has 8 heteroatoms. The zero-order valence-corrected chi connectivity index (χ0v) is 16.9. The van der Waals surface area contributed by atoms with Crippen molar-refractivity contribution in [2.75, 3.05) is 19.7 Å². The Kier molecular flexibility index (Phi) is 6.51. The molecule has 0 radical (unpaired) electrons. The number of nitrogens with zero attached hydrogens (tertiary/aromatic N) is 3. The number of amides is 1. The van der Waals surface area contributed by atoms with E-state index in [0.29, 0.717) is 49.9 Å². The first kappa shape index (κ1) is 20.8. The molecular formula is C21H23ClN4O3. The molecule has 0 bridgehead atoms. The highest BCUT2D eigenvalue weighted by atomic mass is 35.5. The van der Waals surface area contributed by atoms with Crippen LogP contribution in [0, 0.1) is 6.92 Å². The highest BCUT2D eigenvalue weighted by molar-refractivity contribution is 5.94. The van der Waals surface area contributed by atoms with Gasteiger partial charge in [-0.3, -0.25) is 9.78 Å². The summed E-state index contributed by atoms with van der Waals surface area (Å²) in [7, 11) is 0. The Morgan fingerprint density at radius 3 is 2.97 bits per heavy atom. The molecule has 1 aliphatic heterocycles. The number of carbonyl (C=O) groups is 1. The molecule has 4 rings (SSSR count). The average molecular weight is 415 g/mol. The number of benzene rings is 1. The number of oxazole rings is 1. The second-order valence-electron chi connectivity index (χ2n) is 6.72. The quantitative estimate of drug-likeness (QED) is 0.689. The lowest BCUT2D eigenvalue weighted by Crippen LogP contribution is -2.35. The Labute approximate surface area is 175 Å². The minimum absolute atomic E-state index is 0. The summed E-state index contributed by atoms with van der Waals surface area (Å²) in [5.74, 6) is 2.02. The van der Waals surface area contributed by atoms with Crippen LogP contribution in [0.3, 0.4) is 0 Å². The van der Waals surface area contributed by atoms with E-state index in [-0.39, 0.29) is 18.3 Å². The maximum Gasteiger partial charge on any atom is 0.254 e. The molecule has 1 aliphatic rings. The lowest BCUT2D eigenvalue weighted by Gasteiger charge is -2.25. The van der Waals surface area contributed by atoms with Gasteiger partial charge in [0.05, 0.1) is 12.1 Å². The van der Waals surface area contributed by atoms with E-state index in [4.69, 9.17) is 14.9 Å². The molecule has 0 atom stereocenters. The van der Waals surface area contributed by atoms with E-state index >= 15 is 0 Å². The zero-order valence-electron chi connectivity index (χ0n) is 16.1. The van der Waals surface area contributed by atoms with Crippen molar-refractivity contribution >= 4 is 18.3 Å². The summed E-state index contributed by atoms with van der Waals surface area (Å²) >= 11 is 0. The molecule has 0 unspecified atom stereocenters. The lowest BCUT2D eigenvalue weighted by atomic mass is 10.1. The maximum atomic E-state index is 13.0. The van der Waals surface area contributed by atoms with Gasteiger partial charge < -0.3 is 19.8 Å². The highest BCUT2D eigenvalue weighted by Crippen LogP contribution is 2.27. The first-order valence-corrected chi connectivity index (χ1v) is 9.27. The summed E-state index contributed by atoms with van der Waals surface area (Å²) in [6.45, 7) is 3.80. The van der Waals surface area contributed by atoms with Gasteiger partial charge in [-0.2, -0.15) is 0 Å². The number of hydrogen-bond donors (Lipinski definition) is 1. The van der Waals surface area contributed by atoms with Crippen molar-refractivity contribution in [1.82, 2.24) is 14.9 Å². The van der Waals surface area contributed by atoms with Gasteiger partial charge in [-0.15, -0.1) is 12.4 Å². The Bertz CT molecular complexity index is 991. The number of halogens is 1. The molecule has 1 aromatic carbocycles. The Morgan fingerprint density at radius 1 is 1.34 bits per heavy atom. The van der Waals surface area contributed by atoms with E-state index in [1.54, 1.807) is 23.4 Å². The minimum atomic E-state index is -0.0471. The third-order valence-corrected chi connectivity index (χ3v) is 4.73. The number of ether oxygens (including phenoxy) is 1. The number of hydrogen-bond acceptors (Lipinski definition) is 6. The van der Waals surface area contributed by atoms with Crippen LogP contribution >= 0.6 is 12.4 Å². The van der Waals surface area contributed by atoms with Gasteiger partial charge >= 0.3 is 0 Å². The van der Waals surface area contributed by atoms with E-state index in [0.717, 1.165) is 22.6 Å². The third kappa shape index (κ3) is 4.41. The average Bonchev–Trinajstić information content (AvgIpc) is 3.17. The predicted molar refractivity (Wildman–Crippen MR) is 111 cm³/mol. The topological polar surface area (TPSA) is 94.5 Å². The van der Waals surface area contributed by atoms with E-state index in [2.05, 4.69) is 9.97 Å². The van der Waals surface area contributed by atoms with E-state index < -0.39 is 0 Å². The number of carbonyl (C=O) groups excluding carboxylic acids is 1. The molecule has 7 nitrogen and oxygen atoms in total. The van der Waals surface area contributed by atoms with Gasteiger partial charge in [-0.1, -0.05) is 6.07 Å². The van der Waals surface area contributed by atoms with Crippen LogP contribution in [-0.2, 0) is 13.0 Å². The van der Waals surface area contributed by atoms with E-state index in [1.807, 2.05) is 31.2 Å². The molecule has 3 aromatic rings. The molecule has 152 valence electrons. The molecule has 2 N–H and O–H groups in total. The van der Waals surface area contributed by atoms with Crippen LogP contribution in [-0.4, -0.2) is 40.5 Å². The van der Waals surface area contributed by atoms with Gasteiger partial charge in [-0.05, 0) is 36.8 Å². The van der Waals surface area contributed by atoms with Gasteiger partial charge in [0, 0.05) is 37.5 Å². The van der Waals surface area contributed by atoms with Gasteiger partial charge in [0.2, 0.25) is 5.89 Å². The fourth-order valence-corrected chi connectivity index (χ4v) is 3.22. The van der Waals surface area contributed by atoms with Crippen molar-refractivity contribution < 1.29 is 13.9 Å². The number of aromatic nitrogens is 2. The maximum absolute atomic E-state index is 13.0. The van der Waals surface area contributed by atoms with Crippen LogP contribution in [0.1, 0.15) is 27.4 Å². The predicted octanol–water partition coefficient (Wildman–Crippen LogP) is 3.00. The van der Waals surface area contributed by atoms with Crippen LogP contribution in [0.5, 0.6) is 5.75 Å². The SMILES string of the molecule is Cc1ccc(C(=O)N2CCc3oc(-c4cccnc4)nc3C2)cc1OCCN.Cl. The Balaban J connectivity index is 0.00000240. The summed E-state index contributed by atoms with van der Waals surface area (Å²) < 4.78 is 11.5. The first-order valence-electron chi connectivity index (χ1n) is 9.27. The third-order valence-electron chi connectivity index (χ3n) is 4.73. The van der Waals surface area contributed by atoms with Crippen LogP contribution in [0.25, 0.3) is 11.5 Å². The molecule has 0 spiro atoms. The number of fused-ring (bicyclic) bond motifs is 1. The highest BCUT2D eigenvalue weighted by Gasteiger charge is 2.27. The smallest absolute Gasteiger partial charge is 0.254 e. The van der Waals surface area contributed by atoms with Crippen molar-refractivity contribution in [3.05, 3.63) is 65.3 Å². The number of pyridine rings is 1. The molecule has 2 aromatic heterocycles. The lowest BCUT2D eigenvalue weighted by molar-refractivity contribution is 0.0727. The second-order valence-corrected chi connectivity index (χ2v) is 6.72. The van der Waals surface area contributed by atoms with Crippen molar-refractivity contribution in [2.45, 2.75) is 19.9 Å². The van der Waals surface area contributed by atoms with Crippen LogP contribution in [0.2, 0.25) is 0 Å². The zero-order chi connectivity index (χ0) is 19.5. The van der Waals surface area contributed by atoms with Gasteiger partial charge in [0.15, 0.2) is 0 Å². The molecule has 0 saturated carbocycles. The van der Waals surface area contributed by atoms with Crippen molar-refractivity contribution in [1.29, 1.82) is 0 Å².